The second kappa shape index (κ2) is 4.14. The number of hydrogen-bond acceptors (Lipinski definition) is 3. The second-order valence-corrected chi connectivity index (χ2v) is 3.06. The fourth-order valence-electron chi connectivity index (χ4n) is 0.546. The topological polar surface area (TPSA) is 40.5 Å². The molecule has 0 fully saturated rings. The number of rotatable bonds is 3. The predicted octanol–water partition coefficient (Wildman–Crippen LogP) is 0.436. The Morgan fingerprint density at radius 1 is 1.33 bits per heavy atom. The van der Waals surface area contributed by atoms with Crippen LogP contribution in [0, 0.1) is 0 Å². The summed E-state index contributed by atoms with van der Waals surface area (Å²) >= 11 is 4.05. The van der Waals surface area contributed by atoms with E-state index in [4.69, 9.17) is 10.2 Å². The predicted molar refractivity (Wildman–Crippen MR) is 40.8 cm³/mol. The Hall–Kier alpha value is 0.270. The highest BCUT2D eigenvalue weighted by Crippen LogP contribution is 2.08. The SMILES string of the molecule is CC(O)CC(S)C(C)O. The summed E-state index contributed by atoms with van der Waals surface area (Å²) in [5.41, 5.74) is 0. The molecule has 3 unspecified atom stereocenters. The van der Waals surface area contributed by atoms with Gasteiger partial charge in [0.05, 0.1) is 12.2 Å². The van der Waals surface area contributed by atoms with Crippen LogP contribution in [-0.2, 0) is 0 Å². The van der Waals surface area contributed by atoms with Gasteiger partial charge in [-0.2, -0.15) is 12.6 Å². The molecular weight excluding hydrogens is 136 g/mol. The zero-order valence-electron chi connectivity index (χ0n) is 5.78. The number of aliphatic hydroxyl groups is 2. The maximum atomic E-state index is 8.88. The van der Waals surface area contributed by atoms with Crippen molar-refractivity contribution in [3.8, 4) is 0 Å². The fraction of sp³-hybridized carbons (Fsp3) is 1.00. The van der Waals surface area contributed by atoms with Crippen LogP contribution in [0.15, 0.2) is 0 Å². The van der Waals surface area contributed by atoms with E-state index in [2.05, 4.69) is 12.6 Å². The van der Waals surface area contributed by atoms with Crippen molar-refractivity contribution in [2.45, 2.75) is 37.7 Å². The van der Waals surface area contributed by atoms with E-state index in [1.807, 2.05) is 0 Å². The van der Waals surface area contributed by atoms with Crippen LogP contribution in [0.1, 0.15) is 20.3 Å². The molecule has 0 aromatic rings. The smallest absolute Gasteiger partial charge is 0.0629 e. The first kappa shape index (κ1) is 9.27. The monoisotopic (exact) mass is 150 g/mol. The highest BCUT2D eigenvalue weighted by Gasteiger charge is 2.11. The second-order valence-electron chi connectivity index (χ2n) is 2.39. The summed E-state index contributed by atoms with van der Waals surface area (Å²) in [7, 11) is 0. The van der Waals surface area contributed by atoms with Crippen LogP contribution in [0.5, 0.6) is 0 Å². The van der Waals surface area contributed by atoms with Crippen molar-refractivity contribution in [3.63, 3.8) is 0 Å². The van der Waals surface area contributed by atoms with E-state index in [0.29, 0.717) is 6.42 Å². The van der Waals surface area contributed by atoms with E-state index in [1.165, 1.54) is 0 Å². The van der Waals surface area contributed by atoms with Crippen molar-refractivity contribution in [2.24, 2.45) is 0 Å². The minimum atomic E-state index is -0.442. The third-order valence-electron chi connectivity index (χ3n) is 1.14. The van der Waals surface area contributed by atoms with Gasteiger partial charge >= 0.3 is 0 Å². The molecule has 0 radical (unpaired) electrons. The van der Waals surface area contributed by atoms with Crippen LogP contribution in [0.3, 0.4) is 0 Å². The molecular formula is C6H14O2S. The first-order valence-electron chi connectivity index (χ1n) is 3.08. The Kier molecular flexibility index (Phi) is 4.27. The van der Waals surface area contributed by atoms with Gasteiger partial charge in [0.1, 0.15) is 0 Å². The van der Waals surface area contributed by atoms with E-state index >= 15 is 0 Å². The summed E-state index contributed by atoms with van der Waals surface area (Å²) in [6, 6.07) is 0. The molecule has 0 saturated carbocycles. The van der Waals surface area contributed by atoms with Crippen molar-refractivity contribution in [3.05, 3.63) is 0 Å². The molecule has 0 heterocycles. The standard InChI is InChI=1S/C6H14O2S/c1-4(7)3-6(9)5(2)8/h4-9H,3H2,1-2H3. The van der Waals surface area contributed by atoms with Gasteiger partial charge in [0.2, 0.25) is 0 Å². The molecule has 0 spiro atoms. The average Bonchev–Trinajstić information content (AvgIpc) is 1.63. The lowest BCUT2D eigenvalue weighted by Crippen LogP contribution is -2.21. The molecule has 3 atom stereocenters. The minimum absolute atomic E-state index is 0.106. The van der Waals surface area contributed by atoms with Gasteiger partial charge in [-0.15, -0.1) is 0 Å². The minimum Gasteiger partial charge on any atom is -0.393 e. The van der Waals surface area contributed by atoms with Gasteiger partial charge < -0.3 is 10.2 Å². The highest BCUT2D eigenvalue weighted by atomic mass is 32.1. The van der Waals surface area contributed by atoms with E-state index < -0.39 is 6.10 Å². The van der Waals surface area contributed by atoms with Crippen molar-refractivity contribution in [1.82, 2.24) is 0 Å². The van der Waals surface area contributed by atoms with Crippen LogP contribution in [-0.4, -0.2) is 27.7 Å². The molecule has 2 nitrogen and oxygen atoms in total. The zero-order chi connectivity index (χ0) is 7.44. The lowest BCUT2D eigenvalue weighted by atomic mass is 10.1. The van der Waals surface area contributed by atoms with E-state index in [1.54, 1.807) is 13.8 Å². The molecule has 0 amide bonds. The van der Waals surface area contributed by atoms with Gasteiger partial charge in [0.15, 0.2) is 0 Å². The quantitative estimate of drug-likeness (QED) is 0.511. The Labute approximate surface area is 61.3 Å². The van der Waals surface area contributed by atoms with Crippen LogP contribution < -0.4 is 0 Å². The summed E-state index contributed by atoms with van der Waals surface area (Å²) in [6.07, 6.45) is -0.272. The van der Waals surface area contributed by atoms with E-state index in [9.17, 15) is 0 Å². The molecule has 56 valence electrons. The number of thiol groups is 1. The van der Waals surface area contributed by atoms with Crippen LogP contribution in [0.2, 0.25) is 0 Å². The van der Waals surface area contributed by atoms with Crippen molar-refractivity contribution < 1.29 is 10.2 Å². The molecule has 0 aromatic heterocycles. The average molecular weight is 150 g/mol. The summed E-state index contributed by atoms with van der Waals surface area (Å²) in [4.78, 5) is 0. The Bertz CT molecular complexity index is 73.5. The molecule has 3 heteroatoms. The maximum Gasteiger partial charge on any atom is 0.0629 e. The van der Waals surface area contributed by atoms with Crippen molar-refractivity contribution in [1.29, 1.82) is 0 Å². The first-order valence-corrected chi connectivity index (χ1v) is 3.60. The first-order chi connectivity index (χ1) is 4.04. The van der Waals surface area contributed by atoms with Crippen molar-refractivity contribution >= 4 is 12.6 Å². The van der Waals surface area contributed by atoms with Gasteiger partial charge in [-0.25, -0.2) is 0 Å². The third kappa shape index (κ3) is 4.75. The largest absolute Gasteiger partial charge is 0.393 e. The van der Waals surface area contributed by atoms with Gasteiger partial charge in [-0.1, -0.05) is 0 Å². The lowest BCUT2D eigenvalue weighted by molar-refractivity contribution is 0.139. The van der Waals surface area contributed by atoms with Gasteiger partial charge in [0.25, 0.3) is 0 Å². The van der Waals surface area contributed by atoms with Crippen molar-refractivity contribution in [2.75, 3.05) is 0 Å². The highest BCUT2D eigenvalue weighted by molar-refractivity contribution is 7.81. The summed E-state index contributed by atoms with van der Waals surface area (Å²) in [5, 5.41) is 17.6. The van der Waals surface area contributed by atoms with Crippen LogP contribution >= 0.6 is 12.6 Å². The van der Waals surface area contributed by atoms with Gasteiger partial charge in [-0.3, -0.25) is 0 Å². The molecule has 0 rings (SSSR count). The molecule has 2 N–H and O–H groups in total. The van der Waals surface area contributed by atoms with E-state index in [-0.39, 0.29) is 11.4 Å². The molecule has 0 aliphatic rings. The number of hydrogen-bond donors (Lipinski definition) is 3. The summed E-state index contributed by atoms with van der Waals surface area (Å²) in [5.74, 6) is 0. The van der Waals surface area contributed by atoms with Crippen LogP contribution in [0.25, 0.3) is 0 Å². The molecule has 0 aliphatic carbocycles. The summed E-state index contributed by atoms with van der Waals surface area (Å²) < 4.78 is 0. The van der Waals surface area contributed by atoms with Gasteiger partial charge in [0, 0.05) is 5.25 Å². The molecule has 9 heavy (non-hydrogen) atoms. The third-order valence-corrected chi connectivity index (χ3v) is 1.78. The molecule has 0 aliphatic heterocycles. The Balaban J connectivity index is 3.38. The Morgan fingerprint density at radius 2 is 1.78 bits per heavy atom. The Morgan fingerprint density at radius 3 is 1.89 bits per heavy atom. The molecule has 0 aromatic carbocycles. The maximum absolute atomic E-state index is 8.88. The van der Waals surface area contributed by atoms with Gasteiger partial charge in [-0.05, 0) is 20.3 Å². The zero-order valence-corrected chi connectivity index (χ0v) is 6.68. The summed E-state index contributed by atoms with van der Waals surface area (Å²) in [6.45, 7) is 3.35. The number of aliphatic hydroxyl groups excluding tert-OH is 2. The van der Waals surface area contributed by atoms with E-state index in [0.717, 1.165) is 0 Å². The molecule has 0 saturated heterocycles. The normalized spacial score (nSPS) is 21.0. The van der Waals surface area contributed by atoms with Crippen LogP contribution in [0.4, 0.5) is 0 Å². The lowest BCUT2D eigenvalue weighted by Gasteiger charge is -2.14. The fourth-order valence-corrected chi connectivity index (χ4v) is 0.852. The molecule has 0 bridgehead atoms.